The second-order valence-corrected chi connectivity index (χ2v) is 6.80. The van der Waals surface area contributed by atoms with Crippen LogP contribution in [0.25, 0.3) is 0 Å². The number of rotatable bonds is 4. The third kappa shape index (κ3) is 4.90. The molecule has 1 aliphatic heterocycles. The molecule has 1 aromatic heterocycles. The van der Waals surface area contributed by atoms with Crippen LogP contribution in [0.15, 0.2) is 35.1 Å². The Kier molecular flexibility index (Phi) is 5.33. The molecule has 156 valence electrons. The lowest BCUT2D eigenvalue weighted by molar-refractivity contribution is -0.137. The number of carbonyl (C=O) groups is 1. The third-order valence-corrected chi connectivity index (χ3v) is 4.52. The summed E-state index contributed by atoms with van der Waals surface area (Å²) < 4.78 is 64.7. The van der Waals surface area contributed by atoms with Crippen LogP contribution >= 0.6 is 0 Å². The monoisotopic (exact) mass is 416 g/mol. The third-order valence-electron chi connectivity index (χ3n) is 4.52. The van der Waals surface area contributed by atoms with Crippen LogP contribution in [0.5, 0.6) is 0 Å². The first-order valence-corrected chi connectivity index (χ1v) is 8.67. The number of hydrogen-bond acceptors (Lipinski definition) is 4. The van der Waals surface area contributed by atoms with Crippen LogP contribution in [0.3, 0.4) is 0 Å². The van der Waals surface area contributed by atoms with Gasteiger partial charge in [-0.25, -0.2) is 13.8 Å². The standard InChI is InChI=1S/C18H17F5N4O2/c1-10(11-2-4-12(5-3-11)18(21,22)23)24-15(29)13-8-14(28)26-16(25-13)27-7-6-17(19,20)9-27/h2-5,8,10H,6-7,9H2,1H3,(H,24,29)(H,25,26,28)/t10-/m1/s1. The average molecular weight is 416 g/mol. The molecule has 11 heteroatoms. The van der Waals surface area contributed by atoms with E-state index in [-0.39, 0.29) is 18.2 Å². The van der Waals surface area contributed by atoms with Gasteiger partial charge in [-0.15, -0.1) is 0 Å². The number of nitrogens with zero attached hydrogens (tertiary/aromatic N) is 2. The van der Waals surface area contributed by atoms with Gasteiger partial charge in [0.15, 0.2) is 0 Å². The molecule has 0 spiro atoms. The number of alkyl halides is 5. The number of benzene rings is 1. The van der Waals surface area contributed by atoms with Crippen LogP contribution in [0.1, 0.15) is 41.0 Å². The molecule has 1 saturated heterocycles. The van der Waals surface area contributed by atoms with E-state index in [2.05, 4.69) is 15.3 Å². The molecule has 1 aliphatic rings. The topological polar surface area (TPSA) is 78.1 Å². The van der Waals surface area contributed by atoms with Crippen LogP contribution in [-0.2, 0) is 6.18 Å². The fourth-order valence-corrected chi connectivity index (χ4v) is 2.94. The maximum absolute atomic E-state index is 13.4. The zero-order valence-corrected chi connectivity index (χ0v) is 15.2. The van der Waals surface area contributed by atoms with Crippen molar-refractivity contribution in [1.29, 1.82) is 0 Å². The van der Waals surface area contributed by atoms with Crippen LogP contribution in [-0.4, -0.2) is 34.9 Å². The number of halogens is 5. The van der Waals surface area contributed by atoms with Crippen LogP contribution < -0.4 is 15.8 Å². The Morgan fingerprint density at radius 3 is 2.48 bits per heavy atom. The molecule has 2 heterocycles. The summed E-state index contributed by atoms with van der Waals surface area (Å²) in [5, 5.41) is 2.53. The number of carbonyl (C=O) groups excluding carboxylic acids is 1. The quantitative estimate of drug-likeness (QED) is 0.751. The molecular formula is C18H17F5N4O2. The summed E-state index contributed by atoms with van der Waals surface area (Å²) in [6.45, 7) is 0.904. The van der Waals surface area contributed by atoms with E-state index in [1.807, 2.05) is 0 Å². The van der Waals surface area contributed by atoms with Gasteiger partial charge in [-0.2, -0.15) is 13.2 Å². The van der Waals surface area contributed by atoms with Crippen molar-refractivity contribution in [2.45, 2.75) is 31.5 Å². The minimum Gasteiger partial charge on any atom is -0.344 e. The normalized spacial score (nSPS) is 17.2. The molecule has 3 rings (SSSR count). The summed E-state index contributed by atoms with van der Waals surface area (Å²) >= 11 is 0. The number of aromatic nitrogens is 2. The second-order valence-electron chi connectivity index (χ2n) is 6.80. The van der Waals surface area contributed by atoms with Crippen LogP contribution in [0.2, 0.25) is 0 Å². The van der Waals surface area contributed by atoms with E-state index in [4.69, 9.17) is 0 Å². The number of anilines is 1. The van der Waals surface area contributed by atoms with Gasteiger partial charge >= 0.3 is 6.18 Å². The predicted molar refractivity (Wildman–Crippen MR) is 94.0 cm³/mol. The Morgan fingerprint density at radius 2 is 1.93 bits per heavy atom. The summed E-state index contributed by atoms with van der Waals surface area (Å²) in [7, 11) is 0. The molecule has 0 radical (unpaired) electrons. The van der Waals surface area contributed by atoms with E-state index in [0.29, 0.717) is 5.56 Å². The van der Waals surface area contributed by atoms with Crippen molar-refractivity contribution in [3.8, 4) is 0 Å². The fourth-order valence-electron chi connectivity index (χ4n) is 2.94. The average Bonchev–Trinajstić information content (AvgIpc) is 3.00. The highest BCUT2D eigenvalue weighted by Crippen LogP contribution is 2.30. The maximum Gasteiger partial charge on any atom is 0.416 e. The lowest BCUT2D eigenvalue weighted by atomic mass is 10.1. The molecule has 2 aromatic rings. The van der Waals surface area contributed by atoms with Crippen molar-refractivity contribution in [1.82, 2.24) is 15.3 Å². The zero-order chi connectivity index (χ0) is 21.4. The van der Waals surface area contributed by atoms with E-state index >= 15 is 0 Å². The molecule has 0 bridgehead atoms. The van der Waals surface area contributed by atoms with Gasteiger partial charge in [0.2, 0.25) is 5.95 Å². The molecule has 0 aliphatic carbocycles. The maximum atomic E-state index is 13.4. The van der Waals surface area contributed by atoms with Gasteiger partial charge < -0.3 is 10.2 Å². The Bertz CT molecular complexity index is 956. The van der Waals surface area contributed by atoms with Gasteiger partial charge in [0.25, 0.3) is 17.4 Å². The molecule has 6 nitrogen and oxygen atoms in total. The molecule has 1 atom stereocenters. The first kappa shape index (κ1) is 20.7. The summed E-state index contributed by atoms with van der Waals surface area (Å²) in [4.78, 5) is 31.7. The lowest BCUT2D eigenvalue weighted by Gasteiger charge is -2.18. The molecule has 1 amide bonds. The van der Waals surface area contributed by atoms with Crippen molar-refractivity contribution in [2.75, 3.05) is 18.0 Å². The van der Waals surface area contributed by atoms with E-state index < -0.39 is 48.1 Å². The first-order valence-electron chi connectivity index (χ1n) is 8.67. The van der Waals surface area contributed by atoms with Crippen molar-refractivity contribution in [3.63, 3.8) is 0 Å². The van der Waals surface area contributed by atoms with Gasteiger partial charge in [0, 0.05) is 19.0 Å². The van der Waals surface area contributed by atoms with Crippen molar-refractivity contribution >= 4 is 11.9 Å². The fraction of sp³-hybridized carbons (Fsp3) is 0.389. The molecular weight excluding hydrogens is 399 g/mol. The summed E-state index contributed by atoms with van der Waals surface area (Å²) in [5.41, 5.74) is -1.37. The molecule has 1 aromatic carbocycles. The number of amides is 1. The SMILES string of the molecule is C[C@@H](NC(=O)c1cc(=O)[nH]c(N2CCC(F)(F)C2)n1)c1ccc(C(F)(F)F)cc1. The Hall–Kier alpha value is -2.98. The van der Waals surface area contributed by atoms with E-state index in [1.165, 1.54) is 17.0 Å². The number of aromatic amines is 1. The Labute approximate surface area is 161 Å². The Balaban J connectivity index is 1.74. The smallest absolute Gasteiger partial charge is 0.344 e. The Morgan fingerprint density at radius 1 is 1.28 bits per heavy atom. The van der Waals surface area contributed by atoms with Gasteiger partial charge in [0.05, 0.1) is 18.2 Å². The summed E-state index contributed by atoms with van der Waals surface area (Å²) in [5.74, 6) is -3.80. The van der Waals surface area contributed by atoms with Crippen molar-refractivity contribution < 1.29 is 26.7 Å². The van der Waals surface area contributed by atoms with Gasteiger partial charge in [-0.1, -0.05) is 12.1 Å². The van der Waals surface area contributed by atoms with Gasteiger partial charge in [-0.3, -0.25) is 14.6 Å². The molecule has 0 saturated carbocycles. The van der Waals surface area contributed by atoms with Gasteiger partial charge in [-0.05, 0) is 24.6 Å². The predicted octanol–water partition coefficient (Wildman–Crippen LogP) is 3.13. The minimum absolute atomic E-state index is 0.0248. The second kappa shape index (κ2) is 7.45. The largest absolute Gasteiger partial charge is 0.416 e. The zero-order valence-electron chi connectivity index (χ0n) is 15.2. The highest BCUT2D eigenvalue weighted by Gasteiger charge is 2.39. The number of nitrogens with one attached hydrogen (secondary N) is 2. The van der Waals surface area contributed by atoms with E-state index in [1.54, 1.807) is 6.92 Å². The van der Waals surface area contributed by atoms with Crippen LogP contribution in [0, 0.1) is 0 Å². The minimum atomic E-state index is -4.47. The van der Waals surface area contributed by atoms with E-state index in [9.17, 15) is 31.5 Å². The van der Waals surface area contributed by atoms with Crippen LogP contribution in [0.4, 0.5) is 27.9 Å². The molecule has 0 unspecified atom stereocenters. The molecule has 2 N–H and O–H groups in total. The van der Waals surface area contributed by atoms with Crippen molar-refractivity contribution in [3.05, 3.63) is 57.5 Å². The summed E-state index contributed by atoms with van der Waals surface area (Å²) in [6.07, 6.45) is -4.86. The molecule has 29 heavy (non-hydrogen) atoms. The van der Waals surface area contributed by atoms with Crippen molar-refractivity contribution in [2.24, 2.45) is 0 Å². The first-order chi connectivity index (χ1) is 13.4. The molecule has 1 fully saturated rings. The van der Waals surface area contributed by atoms with E-state index in [0.717, 1.165) is 18.2 Å². The highest BCUT2D eigenvalue weighted by molar-refractivity contribution is 5.92. The highest BCUT2D eigenvalue weighted by atomic mass is 19.4. The summed E-state index contributed by atoms with van der Waals surface area (Å²) in [6, 6.07) is 4.51. The lowest BCUT2D eigenvalue weighted by Crippen LogP contribution is -2.32. The number of H-pyrrole nitrogens is 1. The number of hydrogen-bond donors (Lipinski definition) is 2. The van der Waals surface area contributed by atoms with Gasteiger partial charge in [0.1, 0.15) is 5.69 Å².